The molecule has 2 atom stereocenters. The molecular weight excluding hydrogens is 408 g/mol. The van der Waals surface area contributed by atoms with Gasteiger partial charge in [0, 0.05) is 36.3 Å². The Bertz CT molecular complexity index is 953. The number of hydrogen-bond donors (Lipinski definition) is 3. The minimum atomic E-state index is -0.242. The number of amides is 1. The predicted molar refractivity (Wildman–Crippen MR) is 119 cm³/mol. The van der Waals surface area contributed by atoms with E-state index in [0.29, 0.717) is 5.92 Å². The number of pyridine rings is 1. The van der Waals surface area contributed by atoms with Crippen molar-refractivity contribution in [1.82, 2.24) is 20.5 Å². The summed E-state index contributed by atoms with van der Waals surface area (Å²) in [5.74, 6) is 2.91. The van der Waals surface area contributed by atoms with Crippen LogP contribution in [-0.2, 0) is 9.47 Å². The van der Waals surface area contributed by atoms with Crippen LogP contribution in [0.1, 0.15) is 50.1 Å². The number of aromatic nitrogens is 3. The molecule has 4 aliphatic carbocycles. The molecule has 1 saturated heterocycles. The van der Waals surface area contributed by atoms with E-state index in [-0.39, 0.29) is 17.7 Å². The third kappa shape index (κ3) is 3.90. The van der Waals surface area contributed by atoms with Crippen LogP contribution in [0.3, 0.4) is 0 Å². The van der Waals surface area contributed by atoms with E-state index in [4.69, 9.17) is 9.47 Å². The molecule has 0 radical (unpaired) electrons. The zero-order chi connectivity index (χ0) is 21.5. The molecule has 170 valence electrons. The van der Waals surface area contributed by atoms with Crippen LogP contribution >= 0.6 is 0 Å². The van der Waals surface area contributed by atoms with Gasteiger partial charge >= 0.3 is 6.09 Å². The van der Waals surface area contributed by atoms with E-state index >= 15 is 0 Å². The van der Waals surface area contributed by atoms with Crippen LogP contribution in [-0.4, -0.2) is 59.2 Å². The molecule has 9 nitrogen and oxygen atoms in total. The summed E-state index contributed by atoms with van der Waals surface area (Å²) in [6.45, 7) is 3.24. The summed E-state index contributed by atoms with van der Waals surface area (Å²) >= 11 is 0. The van der Waals surface area contributed by atoms with Gasteiger partial charge in [0.2, 0.25) is 0 Å². The second-order valence-electron chi connectivity index (χ2n) is 9.76. The fraction of sp³-hybridized carbons (Fsp3) is 0.609. The third-order valence-electron chi connectivity index (χ3n) is 7.46. The molecule has 3 heterocycles. The molecule has 5 fully saturated rings. The highest BCUT2D eigenvalue weighted by Crippen LogP contribution is 2.57. The number of alkyl carbamates (subject to hydrolysis) is 1. The van der Waals surface area contributed by atoms with E-state index in [9.17, 15) is 4.79 Å². The number of ether oxygens (including phenoxy) is 2. The lowest BCUT2D eigenvalue weighted by Gasteiger charge is -2.61. The molecule has 3 N–H and O–H groups in total. The minimum Gasteiger partial charge on any atom is -0.446 e. The maximum Gasteiger partial charge on any atom is 0.407 e. The first-order valence-electron chi connectivity index (χ1n) is 11.7. The number of H-pyrrole nitrogens is 1. The van der Waals surface area contributed by atoms with E-state index in [2.05, 4.69) is 30.7 Å². The van der Waals surface area contributed by atoms with Crippen molar-refractivity contribution >= 4 is 23.4 Å². The van der Waals surface area contributed by atoms with Crippen molar-refractivity contribution in [2.75, 3.05) is 36.5 Å². The molecule has 2 unspecified atom stereocenters. The van der Waals surface area contributed by atoms with Gasteiger partial charge in [-0.2, -0.15) is 5.10 Å². The van der Waals surface area contributed by atoms with Gasteiger partial charge in [0.15, 0.2) is 5.82 Å². The number of rotatable bonds is 6. The molecule has 2 aromatic rings. The molecule has 5 aliphatic rings. The molecule has 0 aromatic carbocycles. The first kappa shape index (κ1) is 19.8. The fourth-order valence-corrected chi connectivity index (χ4v) is 5.56. The zero-order valence-electron chi connectivity index (χ0n) is 18.2. The zero-order valence-corrected chi connectivity index (χ0v) is 18.2. The third-order valence-corrected chi connectivity index (χ3v) is 7.46. The Balaban J connectivity index is 1.00. The van der Waals surface area contributed by atoms with Crippen LogP contribution in [0.4, 0.5) is 22.1 Å². The van der Waals surface area contributed by atoms with Gasteiger partial charge in [0.1, 0.15) is 11.9 Å². The number of hydrogen-bond acceptors (Lipinski definition) is 7. The normalized spacial score (nSPS) is 30.9. The van der Waals surface area contributed by atoms with Crippen molar-refractivity contribution in [2.45, 2.75) is 56.1 Å². The molecule has 7 rings (SSSR count). The molecule has 0 spiro atoms. The molecule has 1 amide bonds. The number of carbonyl (C=O) groups excluding carboxylic acids is 1. The Hall–Kier alpha value is -2.81. The Morgan fingerprint density at radius 1 is 1.22 bits per heavy atom. The van der Waals surface area contributed by atoms with Crippen molar-refractivity contribution < 1.29 is 14.3 Å². The summed E-state index contributed by atoms with van der Waals surface area (Å²) in [5, 5.41) is 14.0. The number of aromatic amines is 1. The van der Waals surface area contributed by atoms with E-state index in [1.807, 2.05) is 24.4 Å². The number of carbonyl (C=O) groups is 1. The number of nitrogens with one attached hydrogen (secondary N) is 3. The van der Waals surface area contributed by atoms with Crippen molar-refractivity contribution in [2.24, 2.45) is 5.92 Å². The highest BCUT2D eigenvalue weighted by Gasteiger charge is 2.57. The first-order valence-corrected chi connectivity index (χ1v) is 11.7. The van der Waals surface area contributed by atoms with Gasteiger partial charge in [-0.15, -0.1) is 0 Å². The van der Waals surface area contributed by atoms with Gasteiger partial charge in [-0.25, -0.2) is 9.78 Å². The lowest BCUT2D eigenvalue weighted by Crippen LogP contribution is -2.68. The molecule has 1 aliphatic heterocycles. The fourth-order valence-electron chi connectivity index (χ4n) is 5.56. The second kappa shape index (κ2) is 7.95. The van der Waals surface area contributed by atoms with Crippen LogP contribution in [0, 0.1) is 5.92 Å². The largest absolute Gasteiger partial charge is 0.446 e. The van der Waals surface area contributed by atoms with E-state index in [1.165, 1.54) is 0 Å². The summed E-state index contributed by atoms with van der Waals surface area (Å²) in [7, 11) is 0. The van der Waals surface area contributed by atoms with Crippen molar-refractivity contribution in [1.29, 1.82) is 0 Å². The topological polar surface area (TPSA) is 104 Å². The quantitative estimate of drug-likeness (QED) is 0.636. The molecule has 9 heteroatoms. The van der Waals surface area contributed by atoms with Crippen LogP contribution in [0.5, 0.6) is 0 Å². The molecule has 2 aromatic heterocycles. The van der Waals surface area contributed by atoms with Crippen LogP contribution in [0.2, 0.25) is 0 Å². The second-order valence-corrected chi connectivity index (χ2v) is 9.76. The highest BCUT2D eigenvalue weighted by molar-refractivity contribution is 5.69. The molecule has 2 bridgehead atoms. The smallest absolute Gasteiger partial charge is 0.407 e. The molecule has 32 heavy (non-hydrogen) atoms. The first-order chi connectivity index (χ1) is 15.6. The maximum absolute atomic E-state index is 12.2. The summed E-state index contributed by atoms with van der Waals surface area (Å²) in [5.41, 5.74) is 2.05. The summed E-state index contributed by atoms with van der Waals surface area (Å²) in [4.78, 5) is 19.0. The van der Waals surface area contributed by atoms with Crippen molar-refractivity contribution in [3.8, 4) is 0 Å². The van der Waals surface area contributed by atoms with Gasteiger partial charge < -0.3 is 25.0 Å². The monoisotopic (exact) mass is 438 g/mol. The van der Waals surface area contributed by atoms with E-state index < -0.39 is 0 Å². The Morgan fingerprint density at radius 2 is 2.06 bits per heavy atom. The lowest BCUT2D eigenvalue weighted by molar-refractivity contribution is -0.0506. The van der Waals surface area contributed by atoms with Gasteiger partial charge in [0.05, 0.1) is 25.1 Å². The van der Waals surface area contributed by atoms with E-state index in [0.717, 1.165) is 93.8 Å². The van der Waals surface area contributed by atoms with Crippen LogP contribution in [0.25, 0.3) is 0 Å². The Kier molecular flexibility index (Phi) is 4.93. The summed E-state index contributed by atoms with van der Waals surface area (Å²) in [6, 6.07) is 6.10. The van der Waals surface area contributed by atoms with Crippen molar-refractivity contribution in [3.05, 3.63) is 30.1 Å². The van der Waals surface area contributed by atoms with E-state index in [1.54, 1.807) is 0 Å². The van der Waals surface area contributed by atoms with Crippen LogP contribution in [0.15, 0.2) is 24.4 Å². The minimum absolute atomic E-state index is 0.0241. The standard InChI is InChI=1S/C23H30N6O3/c30-22(26-23-11-15(12-23)13-23)32-18-3-1-16(9-18)19-10-20(28-27-19)25-17-2-4-21(24-14-17)29-5-7-31-8-6-29/h2,4,10,14-16,18H,1,3,5-9,11-13H2,(H,26,30)(H2,25,27,28). The van der Waals surface area contributed by atoms with Gasteiger partial charge in [-0.3, -0.25) is 5.10 Å². The molecular formula is C23H30N6O3. The highest BCUT2D eigenvalue weighted by atomic mass is 16.6. The number of nitrogens with zero attached hydrogens (tertiary/aromatic N) is 3. The van der Waals surface area contributed by atoms with Gasteiger partial charge in [-0.05, 0) is 56.6 Å². The molecule has 4 saturated carbocycles. The Morgan fingerprint density at radius 3 is 2.78 bits per heavy atom. The average molecular weight is 439 g/mol. The SMILES string of the molecule is O=C(NC12CC(C1)C2)OC1CCC(c2cc(Nc3ccc(N4CCOCC4)nc3)n[nH]2)C1. The van der Waals surface area contributed by atoms with Crippen LogP contribution < -0.4 is 15.5 Å². The summed E-state index contributed by atoms with van der Waals surface area (Å²) < 4.78 is 11.1. The predicted octanol–water partition coefficient (Wildman–Crippen LogP) is 3.30. The maximum atomic E-state index is 12.2. The number of anilines is 3. The number of morpholine rings is 1. The van der Waals surface area contributed by atoms with Gasteiger partial charge in [0.25, 0.3) is 0 Å². The van der Waals surface area contributed by atoms with Gasteiger partial charge in [-0.1, -0.05) is 0 Å². The Labute approximate surface area is 187 Å². The average Bonchev–Trinajstić information content (AvgIpc) is 3.41. The summed E-state index contributed by atoms with van der Waals surface area (Å²) in [6.07, 6.45) is 7.67. The van der Waals surface area contributed by atoms with Crippen molar-refractivity contribution in [3.63, 3.8) is 0 Å². The lowest BCUT2D eigenvalue weighted by atomic mass is 9.50.